The van der Waals surface area contributed by atoms with Gasteiger partial charge in [0.1, 0.15) is 11.4 Å². The largest absolute Gasteiger partial charge is 0.418 e. The molecule has 0 aliphatic carbocycles. The molecule has 0 bridgehead atoms. The summed E-state index contributed by atoms with van der Waals surface area (Å²) >= 11 is 2.88. The number of Topliss-reactive ketones (excluding diaryl/α,β-unsaturated/α-hetero) is 1. The van der Waals surface area contributed by atoms with Gasteiger partial charge >= 0.3 is 0 Å². The van der Waals surface area contributed by atoms with Crippen LogP contribution in [0.15, 0.2) is 59.5 Å². The summed E-state index contributed by atoms with van der Waals surface area (Å²) in [7, 11) is -3.87. The van der Waals surface area contributed by atoms with Crippen LogP contribution in [-0.4, -0.2) is 18.2 Å². The van der Waals surface area contributed by atoms with Crippen molar-refractivity contribution in [3.05, 3.63) is 60.3 Å². The molecule has 2 aromatic carbocycles. The van der Waals surface area contributed by atoms with Gasteiger partial charge < -0.3 is 3.83 Å². The number of fused-ring (bicyclic) bond motifs is 1. The Kier molecular flexibility index (Phi) is 3.99. The van der Waals surface area contributed by atoms with Crippen molar-refractivity contribution in [2.45, 2.75) is 11.8 Å². The van der Waals surface area contributed by atoms with Crippen LogP contribution in [0, 0.1) is 0 Å². The molecule has 5 nitrogen and oxygen atoms in total. The van der Waals surface area contributed by atoms with E-state index in [1.54, 1.807) is 42.5 Å². The van der Waals surface area contributed by atoms with Gasteiger partial charge in [-0.25, -0.2) is 12.4 Å². The molecule has 0 atom stereocenters. The summed E-state index contributed by atoms with van der Waals surface area (Å²) in [6, 6.07) is 14.5. The summed E-state index contributed by atoms with van der Waals surface area (Å²) in [5.74, 6) is 0.184. The Labute approximate surface area is 142 Å². The fourth-order valence-corrected chi connectivity index (χ4v) is 4.20. The lowest BCUT2D eigenvalue weighted by molar-refractivity contribution is 0.101. The van der Waals surface area contributed by atoms with Crippen molar-refractivity contribution in [2.75, 3.05) is 0 Å². The van der Waals surface area contributed by atoms with E-state index in [2.05, 4.69) is 16.3 Å². The highest BCUT2D eigenvalue weighted by Gasteiger charge is 2.24. The molecule has 0 amide bonds. The minimum atomic E-state index is -3.87. The number of nitrogens with zero attached hydrogens (tertiary/aromatic N) is 1. The van der Waals surface area contributed by atoms with Gasteiger partial charge in [-0.2, -0.15) is 0 Å². The Morgan fingerprint density at radius 2 is 1.78 bits per heavy atom. The molecular formula is C16H12BrNO4S. The summed E-state index contributed by atoms with van der Waals surface area (Å²) in [5.41, 5.74) is 0.530. The monoisotopic (exact) mass is 393 g/mol. The van der Waals surface area contributed by atoms with E-state index in [0.29, 0.717) is 16.7 Å². The van der Waals surface area contributed by atoms with E-state index in [0.717, 1.165) is 3.97 Å². The van der Waals surface area contributed by atoms with E-state index in [1.807, 2.05) is 0 Å². The molecule has 23 heavy (non-hydrogen) atoms. The van der Waals surface area contributed by atoms with Crippen LogP contribution < -0.4 is 3.83 Å². The van der Waals surface area contributed by atoms with Crippen LogP contribution in [0.4, 0.5) is 0 Å². The molecule has 0 aliphatic heterocycles. The molecule has 1 aromatic heterocycles. The first-order valence-electron chi connectivity index (χ1n) is 6.71. The summed E-state index contributed by atoms with van der Waals surface area (Å²) in [6.45, 7) is 1.34. The van der Waals surface area contributed by atoms with Crippen LogP contribution in [0.2, 0.25) is 0 Å². The Balaban J connectivity index is 2.36. The zero-order valence-electron chi connectivity index (χ0n) is 12.1. The topological polar surface area (TPSA) is 65.4 Å². The van der Waals surface area contributed by atoms with Crippen molar-refractivity contribution >= 4 is 43.0 Å². The molecule has 0 saturated heterocycles. The maximum absolute atomic E-state index is 13.0. The molecule has 3 rings (SSSR count). The molecule has 3 aromatic rings. The highest BCUT2D eigenvalue weighted by atomic mass is 79.9. The lowest BCUT2D eigenvalue weighted by Gasteiger charge is -2.10. The number of hydrogen-bond acceptors (Lipinski definition) is 4. The maximum atomic E-state index is 13.0. The van der Waals surface area contributed by atoms with Crippen LogP contribution in [0.25, 0.3) is 10.9 Å². The van der Waals surface area contributed by atoms with E-state index in [-0.39, 0.29) is 16.4 Å². The van der Waals surface area contributed by atoms with Gasteiger partial charge in [0.2, 0.25) is 0 Å². The average Bonchev–Trinajstić information content (AvgIpc) is 2.95. The number of halogens is 1. The van der Waals surface area contributed by atoms with Crippen molar-refractivity contribution in [2.24, 2.45) is 0 Å². The molecule has 0 radical (unpaired) electrons. The number of aromatic nitrogens is 1. The minimum Gasteiger partial charge on any atom is -0.418 e. The van der Waals surface area contributed by atoms with Gasteiger partial charge in [0, 0.05) is 12.3 Å². The molecule has 0 N–H and O–H groups in total. The molecule has 0 fully saturated rings. The molecule has 118 valence electrons. The Morgan fingerprint density at radius 3 is 2.39 bits per heavy atom. The first-order valence-corrected chi connectivity index (χ1v) is 8.79. The SMILES string of the molecule is CC(=O)c1cc2cc(OBr)ccc2n1S(=O)(=O)c1ccccc1. The molecule has 0 spiro atoms. The lowest BCUT2D eigenvalue weighted by Crippen LogP contribution is -2.17. The summed E-state index contributed by atoms with van der Waals surface area (Å²) in [4.78, 5) is 12.1. The molecule has 1 heterocycles. The van der Waals surface area contributed by atoms with Gasteiger partial charge in [-0.15, -0.1) is 0 Å². The number of ketones is 1. The van der Waals surface area contributed by atoms with Crippen molar-refractivity contribution < 1.29 is 17.0 Å². The standard InChI is InChI=1S/C16H12BrNO4S/c1-11(19)16-10-12-9-13(22-17)7-8-15(12)18(16)23(20,21)14-5-3-2-4-6-14/h2-10H,1H3. The molecule has 7 heteroatoms. The molecule has 0 saturated carbocycles. The van der Waals surface area contributed by atoms with Crippen molar-refractivity contribution in [3.63, 3.8) is 0 Å². The summed E-state index contributed by atoms with van der Waals surface area (Å²) in [5, 5.41) is 0.603. The fraction of sp³-hybridized carbons (Fsp3) is 0.0625. The van der Waals surface area contributed by atoms with Gasteiger partial charge in [-0.05, 0) is 36.4 Å². The smallest absolute Gasteiger partial charge is 0.268 e. The lowest BCUT2D eigenvalue weighted by atomic mass is 10.2. The second kappa shape index (κ2) is 5.82. The predicted octanol–water partition coefficient (Wildman–Crippen LogP) is 3.77. The van der Waals surface area contributed by atoms with Gasteiger partial charge in [0.05, 0.1) is 10.4 Å². The number of benzene rings is 2. The van der Waals surface area contributed by atoms with Crippen LogP contribution in [-0.2, 0) is 10.0 Å². The third-order valence-electron chi connectivity index (χ3n) is 3.46. The highest BCUT2D eigenvalue weighted by Crippen LogP contribution is 2.29. The highest BCUT2D eigenvalue weighted by molar-refractivity contribution is 9.06. The van der Waals surface area contributed by atoms with Crippen molar-refractivity contribution in [3.8, 4) is 5.75 Å². The zero-order valence-corrected chi connectivity index (χ0v) is 14.5. The molecule has 0 unspecified atom stereocenters. The Bertz CT molecular complexity index is 994. The third-order valence-corrected chi connectivity index (χ3v) is 5.58. The first-order chi connectivity index (χ1) is 10.9. The number of rotatable bonds is 4. The van der Waals surface area contributed by atoms with E-state index in [1.165, 1.54) is 19.1 Å². The summed E-state index contributed by atoms with van der Waals surface area (Å²) in [6.07, 6.45) is 0. The third kappa shape index (κ3) is 2.66. The predicted molar refractivity (Wildman–Crippen MR) is 90.5 cm³/mol. The average molecular weight is 394 g/mol. The van der Waals surface area contributed by atoms with Gasteiger partial charge in [-0.3, -0.25) is 4.79 Å². The van der Waals surface area contributed by atoms with Crippen molar-refractivity contribution in [1.29, 1.82) is 0 Å². The van der Waals surface area contributed by atoms with E-state index in [9.17, 15) is 13.2 Å². The number of carbonyl (C=O) groups is 1. The second-order valence-corrected chi connectivity index (χ2v) is 7.08. The molecular weight excluding hydrogens is 382 g/mol. The summed E-state index contributed by atoms with van der Waals surface area (Å²) < 4.78 is 32.0. The maximum Gasteiger partial charge on any atom is 0.268 e. The normalized spacial score (nSPS) is 11.6. The van der Waals surface area contributed by atoms with E-state index < -0.39 is 10.0 Å². The Morgan fingerprint density at radius 1 is 1.09 bits per heavy atom. The van der Waals surface area contributed by atoms with Crippen LogP contribution in [0.1, 0.15) is 17.4 Å². The van der Waals surface area contributed by atoms with Crippen molar-refractivity contribution in [1.82, 2.24) is 3.97 Å². The van der Waals surface area contributed by atoms with Gasteiger partial charge in [0.15, 0.2) is 22.0 Å². The van der Waals surface area contributed by atoms with Crippen LogP contribution in [0.3, 0.4) is 0 Å². The van der Waals surface area contributed by atoms with Gasteiger partial charge in [-0.1, -0.05) is 18.2 Å². The quantitative estimate of drug-likeness (QED) is 0.632. The first kappa shape index (κ1) is 15.8. The van der Waals surface area contributed by atoms with Crippen LogP contribution >= 0.6 is 16.3 Å². The molecule has 0 aliphatic rings. The zero-order chi connectivity index (χ0) is 16.6. The van der Waals surface area contributed by atoms with Gasteiger partial charge in [0.25, 0.3) is 10.0 Å². The van der Waals surface area contributed by atoms with E-state index in [4.69, 9.17) is 3.83 Å². The number of hydrogen-bond donors (Lipinski definition) is 0. The minimum absolute atomic E-state index is 0.107. The number of carbonyl (C=O) groups excluding carboxylic acids is 1. The Hall–Kier alpha value is -2.12. The van der Waals surface area contributed by atoms with Crippen LogP contribution in [0.5, 0.6) is 5.75 Å². The second-order valence-electron chi connectivity index (χ2n) is 4.97. The fourth-order valence-electron chi connectivity index (χ4n) is 2.42. The van der Waals surface area contributed by atoms with E-state index >= 15 is 0 Å².